The largest absolute Gasteiger partial charge is 0.379 e. The molecular formula is C19H29N3O2. The molecule has 1 N–H and O–H groups in total. The summed E-state index contributed by atoms with van der Waals surface area (Å²) in [5.41, 5.74) is 2.69. The van der Waals surface area contributed by atoms with Crippen molar-refractivity contribution in [2.45, 2.75) is 38.7 Å². The monoisotopic (exact) mass is 331 g/mol. The molecule has 1 atom stereocenters. The highest BCUT2D eigenvalue weighted by molar-refractivity contribution is 5.97. The first kappa shape index (κ1) is 17.2. The Kier molecular flexibility index (Phi) is 6.49. The minimum absolute atomic E-state index is 0.312. The molecule has 2 aliphatic rings. The zero-order valence-corrected chi connectivity index (χ0v) is 14.7. The SMILES string of the molecule is CCNC(=NCCCOCC1CCCO1)N1CCc2ccccc21. The van der Waals surface area contributed by atoms with E-state index in [4.69, 9.17) is 14.5 Å². The summed E-state index contributed by atoms with van der Waals surface area (Å²) in [5, 5.41) is 3.42. The lowest BCUT2D eigenvalue weighted by atomic mass is 10.2. The second-order valence-corrected chi connectivity index (χ2v) is 6.33. The Morgan fingerprint density at radius 1 is 1.42 bits per heavy atom. The average molecular weight is 331 g/mol. The van der Waals surface area contributed by atoms with Crippen molar-refractivity contribution in [1.29, 1.82) is 0 Å². The van der Waals surface area contributed by atoms with Crippen molar-refractivity contribution in [2.75, 3.05) is 44.4 Å². The summed E-state index contributed by atoms with van der Waals surface area (Å²) in [5.74, 6) is 0.988. The van der Waals surface area contributed by atoms with Crippen LogP contribution < -0.4 is 10.2 Å². The van der Waals surface area contributed by atoms with Crippen LogP contribution in [0.25, 0.3) is 0 Å². The van der Waals surface area contributed by atoms with Gasteiger partial charge in [0.2, 0.25) is 0 Å². The van der Waals surface area contributed by atoms with Crippen LogP contribution in [0, 0.1) is 0 Å². The first-order valence-electron chi connectivity index (χ1n) is 9.21. The highest BCUT2D eigenvalue weighted by Gasteiger charge is 2.22. The van der Waals surface area contributed by atoms with E-state index < -0.39 is 0 Å². The lowest BCUT2D eigenvalue weighted by Crippen LogP contribution is -2.40. The van der Waals surface area contributed by atoms with Crippen LogP contribution in [-0.4, -0.2) is 51.5 Å². The Labute approximate surface area is 145 Å². The number of benzene rings is 1. The molecule has 132 valence electrons. The Morgan fingerprint density at radius 2 is 2.33 bits per heavy atom. The Hall–Kier alpha value is -1.59. The molecule has 1 unspecified atom stereocenters. The molecule has 5 heteroatoms. The summed E-state index contributed by atoms with van der Waals surface area (Å²) in [6.07, 6.45) is 4.65. The zero-order valence-electron chi connectivity index (χ0n) is 14.7. The van der Waals surface area contributed by atoms with E-state index in [1.165, 1.54) is 17.7 Å². The van der Waals surface area contributed by atoms with Crippen molar-refractivity contribution in [3.8, 4) is 0 Å². The molecule has 24 heavy (non-hydrogen) atoms. The van der Waals surface area contributed by atoms with Crippen LogP contribution in [0.3, 0.4) is 0 Å². The molecule has 3 rings (SSSR count). The van der Waals surface area contributed by atoms with Gasteiger partial charge < -0.3 is 19.7 Å². The molecule has 0 amide bonds. The summed E-state index contributed by atoms with van der Waals surface area (Å²) in [6.45, 7) is 7.15. The van der Waals surface area contributed by atoms with Gasteiger partial charge in [-0.2, -0.15) is 0 Å². The molecule has 1 aromatic rings. The second kappa shape index (κ2) is 9.04. The maximum absolute atomic E-state index is 5.71. The van der Waals surface area contributed by atoms with Crippen molar-refractivity contribution in [2.24, 2.45) is 4.99 Å². The van der Waals surface area contributed by atoms with E-state index in [9.17, 15) is 0 Å². The molecule has 0 bridgehead atoms. The summed E-state index contributed by atoms with van der Waals surface area (Å²) in [6, 6.07) is 8.59. The number of para-hydroxylation sites is 1. The molecule has 5 nitrogen and oxygen atoms in total. The molecule has 1 aromatic carbocycles. The highest BCUT2D eigenvalue weighted by atomic mass is 16.5. The van der Waals surface area contributed by atoms with Crippen LogP contribution in [0.5, 0.6) is 0 Å². The van der Waals surface area contributed by atoms with Crippen molar-refractivity contribution in [1.82, 2.24) is 5.32 Å². The quantitative estimate of drug-likeness (QED) is 0.474. The number of guanidine groups is 1. The van der Waals surface area contributed by atoms with Gasteiger partial charge in [-0.15, -0.1) is 0 Å². The number of fused-ring (bicyclic) bond motifs is 1. The third-order valence-corrected chi connectivity index (χ3v) is 4.51. The molecule has 0 radical (unpaired) electrons. The fourth-order valence-corrected chi connectivity index (χ4v) is 3.30. The van der Waals surface area contributed by atoms with E-state index in [0.29, 0.717) is 6.10 Å². The van der Waals surface area contributed by atoms with Gasteiger partial charge >= 0.3 is 0 Å². The van der Waals surface area contributed by atoms with Gasteiger partial charge in [0, 0.05) is 38.5 Å². The molecule has 0 aliphatic carbocycles. The van der Waals surface area contributed by atoms with Crippen molar-refractivity contribution < 1.29 is 9.47 Å². The van der Waals surface area contributed by atoms with Crippen molar-refractivity contribution in [3.05, 3.63) is 29.8 Å². The van der Waals surface area contributed by atoms with Crippen LogP contribution in [0.2, 0.25) is 0 Å². The molecule has 1 fully saturated rings. The van der Waals surface area contributed by atoms with Gasteiger partial charge in [0.15, 0.2) is 5.96 Å². The smallest absolute Gasteiger partial charge is 0.198 e. The lowest BCUT2D eigenvalue weighted by Gasteiger charge is -2.22. The predicted molar refractivity (Wildman–Crippen MR) is 97.9 cm³/mol. The third-order valence-electron chi connectivity index (χ3n) is 4.51. The van der Waals surface area contributed by atoms with Gasteiger partial charge in [-0.3, -0.25) is 4.99 Å². The van der Waals surface area contributed by atoms with Crippen molar-refractivity contribution >= 4 is 11.6 Å². The van der Waals surface area contributed by atoms with Gasteiger partial charge in [0.05, 0.1) is 12.7 Å². The Bertz CT molecular complexity index is 541. The van der Waals surface area contributed by atoms with E-state index in [0.717, 1.165) is 64.7 Å². The number of hydrogen-bond acceptors (Lipinski definition) is 3. The molecule has 0 spiro atoms. The van der Waals surface area contributed by atoms with Gasteiger partial charge in [0.25, 0.3) is 0 Å². The predicted octanol–water partition coefficient (Wildman–Crippen LogP) is 2.60. The second-order valence-electron chi connectivity index (χ2n) is 6.33. The van der Waals surface area contributed by atoms with Crippen molar-refractivity contribution in [3.63, 3.8) is 0 Å². The summed E-state index contributed by atoms with van der Waals surface area (Å²) >= 11 is 0. The number of rotatable bonds is 7. The highest BCUT2D eigenvalue weighted by Crippen LogP contribution is 2.27. The first-order chi connectivity index (χ1) is 11.9. The molecule has 1 saturated heterocycles. The summed E-state index contributed by atoms with van der Waals surface area (Å²) in [7, 11) is 0. The van der Waals surface area contributed by atoms with E-state index in [1.807, 2.05) is 0 Å². The Balaban J connectivity index is 1.46. The molecule has 0 saturated carbocycles. The normalized spacial score (nSPS) is 20.5. The molecule has 2 heterocycles. The molecular weight excluding hydrogens is 302 g/mol. The maximum atomic E-state index is 5.71. The number of nitrogens with one attached hydrogen (secondary N) is 1. The fraction of sp³-hybridized carbons (Fsp3) is 0.632. The number of hydrogen-bond donors (Lipinski definition) is 1. The molecule has 2 aliphatic heterocycles. The van der Waals surface area contributed by atoms with Gasteiger partial charge in [-0.25, -0.2) is 0 Å². The topological polar surface area (TPSA) is 46.1 Å². The van der Waals surface area contributed by atoms with E-state index in [2.05, 4.69) is 41.4 Å². The summed E-state index contributed by atoms with van der Waals surface area (Å²) in [4.78, 5) is 7.08. The maximum Gasteiger partial charge on any atom is 0.198 e. The zero-order chi connectivity index (χ0) is 16.6. The van der Waals surface area contributed by atoms with Crippen LogP contribution in [0.4, 0.5) is 5.69 Å². The number of aliphatic imine (C=N–C) groups is 1. The van der Waals surface area contributed by atoms with Gasteiger partial charge in [-0.1, -0.05) is 18.2 Å². The van der Waals surface area contributed by atoms with E-state index in [-0.39, 0.29) is 0 Å². The fourth-order valence-electron chi connectivity index (χ4n) is 3.30. The molecule has 0 aromatic heterocycles. The van der Waals surface area contributed by atoms with Crippen LogP contribution in [0.15, 0.2) is 29.3 Å². The average Bonchev–Trinajstić information content (AvgIpc) is 3.26. The Morgan fingerprint density at radius 3 is 3.17 bits per heavy atom. The van der Waals surface area contributed by atoms with Crippen LogP contribution >= 0.6 is 0 Å². The standard InChI is InChI=1S/C19H29N3O2/c1-2-20-19(22-12-10-16-7-3-4-9-18(16)22)21-11-6-13-23-15-17-8-5-14-24-17/h3-4,7,9,17H,2,5-6,8,10-15H2,1H3,(H,20,21). The lowest BCUT2D eigenvalue weighted by molar-refractivity contribution is 0.0171. The number of anilines is 1. The van der Waals surface area contributed by atoms with Gasteiger partial charge in [0.1, 0.15) is 0 Å². The van der Waals surface area contributed by atoms with Gasteiger partial charge in [-0.05, 0) is 44.2 Å². The number of ether oxygens (including phenoxy) is 2. The summed E-state index contributed by atoms with van der Waals surface area (Å²) < 4.78 is 11.3. The van der Waals surface area contributed by atoms with Crippen LogP contribution in [0.1, 0.15) is 31.7 Å². The van der Waals surface area contributed by atoms with E-state index in [1.54, 1.807) is 0 Å². The minimum atomic E-state index is 0.312. The van der Waals surface area contributed by atoms with E-state index >= 15 is 0 Å². The minimum Gasteiger partial charge on any atom is -0.379 e. The third kappa shape index (κ3) is 4.48. The van der Waals surface area contributed by atoms with Crippen LogP contribution in [-0.2, 0) is 15.9 Å². The number of nitrogens with zero attached hydrogens (tertiary/aromatic N) is 2. The first-order valence-corrected chi connectivity index (χ1v) is 9.21.